The zero-order valence-electron chi connectivity index (χ0n) is 14.2. The van der Waals surface area contributed by atoms with Crippen LogP contribution in [0.2, 0.25) is 0 Å². The predicted molar refractivity (Wildman–Crippen MR) is 90.8 cm³/mol. The van der Waals surface area contributed by atoms with Crippen LogP contribution >= 0.6 is 0 Å². The van der Waals surface area contributed by atoms with Gasteiger partial charge in [0.15, 0.2) is 0 Å². The van der Waals surface area contributed by atoms with E-state index in [0.717, 1.165) is 12.8 Å². The molecule has 1 saturated carbocycles. The zero-order chi connectivity index (χ0) is 17.2. The van der Waals surface area contributed by atoms with E-state index in [9.17, 15) is 13.2 Å². The Labute approximate surface area is 139 Å². The molecule has 2 rings (SSSR count). The second-order valence-corrected chi connectivity index (χ2v) is 8.22. The van der Waals surface area contributed by atoms with E-state index in [1.54, 1.807) is 19.1 Å². The number of nitrogens with one attached hydrogen (secondary N) is 1. The fourth-order valence-corrected chi connectivity index (χ4v) is 3.66. The molecule has 1 N–H and O–H groups in total. The minimum absolute atomic E-state index is 0.0813. The molecule has 5 nitrogen and oxygen atoms in total. The standard InChI is InChI=1S/C17H26N2O3S/c1-5-18-23(21,22)16-8-6-7-14(11-16)17(20)19(15-9-10-15)13(4)12(2)3/h6-8,11-13,15,18H,5,9-10H2,1-4H3. The van der Waals surface area contributed by atoms with Gasteiger partial charge in [-0.15, -0.1) is 0 Å². The lowest BCUT2D eigenvalue weighted by atomic mass is 10.0. The summed E-state index contributed by atoms with van der Waals surface area (Å²) in [6.07, 6.45) is 2.05. The monoisotopic (exact) mass is 338 g/mol. The summed E-state index contributed by atoms with van der Waals surface area (Å²) in [6, 6.07) is 6.72. The van der Waals surface area contributed by atoms with Crippen molar-refractivity contribution in [2.45, 2.75) is 57.5 Å². The number of hydrogen-bond acceptors (Lipinski definition) is 3. The second-order valence-electron chi connectivity index (χ2n) is 6.46. The minimum Gasteiger partial charge on any atom is -0.333 e. The average molecular weight is 338 g/mol. The lowest BCUT2D eigenvalue weighted by Crippen LogP contribution is -2.43. The van der Waals surface area contributed by atoms with E-state index in [4.69, 9.17) is 0 Å². The summed E-state index contributed by atoms with van der Waals surface area (Å²) < 4.78 is 26.7. The number of amides is 1. The lowest BCUT2D eigenvalue weighted by molar-refractivity contribution is 0.0627. The highest BCUT2D eigenvalue weighted by atomic mass is 32.2. The highest BCUT2D eigenvalue weighted by Gasteiger charge is 2.37. The predicted octanol–water partition coefficient (Wildman–Crippen LogP) is 2.63. The Kier molecular flexibility index (Phi) is 5.47. The summed E-state index contributed by atoms with van der Waals surface area (Å²) in [7, 11) is -3.55. The number of rotatable bonds is 7. The van der Waals surface area contributed by atoms with Crippen LogP contribution in [0.25, 0.3) is 0 Å². The van der Waals surface area contributed by atoms with E-state index in [1.165, 1.54) is 12.1 Å². The van der Waals surface area contributed by atoms with Crippen molar-refractivity contribution < 1.29 is 13.2 Å². The highest BCUT2D eigenvalue weighted by Crippen LogP contribution is 2.32. The first kappa shape index (κ1) is 17.9. The Morgan fingerprint density at radius 2 is 1.96 bits per heavy atom. The smallest absolute Gasteiger partial charge is 0.254 e. The van der Waals surface area contributed by atoms with Crippen LogP contribution in [0.1, 0.15) is 50.9 Å². The number of carbonyl (C=O) groups is 1. The molecule has 1 aliphatic rings. The molecule has 0 heterocycles. The van der Waals surface area contributed by atoms with Crippen molar-refractivity contribution in [2.75, 3.05) is 6.54 Å². The number of benzene rings is 1. The third kappa shape index (κ3) is 4.12. The van der Waals surface area contributed by atoms with Crippen LogP contribution in [0.15, 0.2) is 29.2 Å². The summed E-state index contributed by atoms with van der Waals surface area (Å²) in [5.41, 5.74) is 0.434. The van der Waals surface area contributed by atoms with Gasteiger partial charge in [0.1, 0.15) is 0 Å². The van der Waals surface area contributed by atoms with Crippen LogP contribution in [-0.4, -0.2) is 37.9 Å². The van der Waals surface area contributed by atoms with Crippen LogP contribution in [0, 0.1) is 5.92 Å². The van der Waals surface area contributed by atoms with Gasteiger partial charge in [-0.3, -0.25) is 4.79 Å². The van der Waals surface area contributed by atoms with Crippen LogP contribution in [0.5, 0.6) is 0 Å². The Morgan fingerprint density at radius 1 is 1.30 bits per heavy atom. The molecule has 1 aliphatic carbocycles. The minimum atomic E-state index is -3.55. The maximum atomic E-state index is 12.9. The molecule has 6 heteroatoms. The van der Waals surface area contributed by atoms with Crippen LogP contribution in [-0.2, 0) is 10.0 Å². The summed E-state index contributed by atoms with van der Waals surface area (Å²) >= 11 is 0. The molecule has 1 atom stereocenters. The van der Waals surface area contributed by atoms with Crippen LogP contribution in [0.3, 0.4) is 0 Å². The molecule has 1 aromatic rings. The van der Waals surface area contributed by atoms with Crippen molar-refractivity contribution in [3.63, 3.8) is 0 Å². The van der Waals surface area contributed by atoms with Crippen molar-refractivity contribution in [1.29, 1.82) is 0 Å². The normalized spacial score (nSPS) is 16.4. The van der Waals surface area contributed by atoms with E-state index in [2.05, 4.69) is 25.5 Å². The van der Waals surface area contributed by atoms with Crippen LogP contribution in [0.4, 0.5) is 0 Å². The summed E-state index contributed by atoms with van der Waals surface area (Å²) in [4.78, 5) is 15.0. The van der Waals surface area contributed by atoms with Gasteiger partial charge in [-0.2, -0.15) is 0 Å². The molecule has 0 saturated heterocycles. The Balaban J connectivity index is 2.32. The SMILES string of the molecule is CCNS(=O)(=O)c1cccc(C(=O)N(C2CC2)C(C)C(C)C)c1. The molecule has 1 aromatic carbocycles. The maximum absolute atomic E-state index is 12.9. The van der Waals surface area contributed by atoms with Gasteiger partial charge in [0, 0.05) is 24.2 Å². The first-order valence-electron chi connectivity index (χ1n) is 8.20. The van der Waals surface area contributed by atoms with E-state index >= 15 is 0 Å². The molecular formula is C17H26N2O3S. The molecule has 0 spiro atoms. The van der Waals surface area contributed by atoms with E-state index < -0.39 is 10.0 Å². The van der Waals surface area contributed by atoms with Crippen molar-refractivity contribution in [1.82, 2.24) is 9.62 Å². The van der Waals surface area contributed by atoms with Crippen molar-refractivity contribution in [2.24, 2.45) is 5.92 Å². The molecular weight excluding hydrogens is 312 g/mol. The number of nitrogens with zero attached hydrogens (tertiary/aromatic N) is 1. The van der Waals surface area contributed by atoms with Crippen LogP contribution < -0.4 is 4.72 Å². The molecule has 1 amide bonds. The van der Waals surface area contributed by atoms with E-state index in [0.29, 0.717) is 18.0 Å². The first-order chi connectivity index (χ1) is 10.8. The topological polar surface area (TPSA) is 66.5 Å². The fraction of sp³-hybridized carbons (Fsp3) is 0.588. The molecule has 0 aliphatic heterocycles. The molecule has 1 fully saturated rings. The molecule has 128 valence electrons. The zero-order valence-corrected chi connectivity index (χ0v) is 15.1. The number of carbonyl (C=O) groups excluding carboxylic acids is 1. The largest absolute Gasteiger partial charge is 0.333 e. The Morgan fingerprint density at radius 3 is 2.48 bits per heavy atom. The van der Waals surface area contributed by atoms with Crippen molar-refractivity contribution in [3.8, 4) is 0 Å². The van der Waals surface area contributed by atoms with Gasteiger partial charge in [-0.1, -0.05) is 26.8 Å². The van der Waals surface area contributed by atoms with Gasteiger partial charge in [-0.25, -0.2) is 13.1 Å². The molecule has 23 heavy (non-hydrogen) atoms. The van der Waals surface area contributed by atoms with Gasteiger partial charge in [0.05, 0.1) is 4.90 Å². The summed E-state index contributed by atoms with van der Waals surface area (Å²) in [6.45, 7) is 8.30. The third-order valence-electron chi connectivity index (χ3n) is 4.30. The van der Waals surface area contributed by atoms with E-state index in [1.807, 2.05) is 4.90 Å². The van der Waals surface area contributed by atoms with Crippen molar-refractivity contribution >= 4 is 15.9 Å². The van der Waals surface area contributed by atoms with Crippen molar-refractivity contribution in [3.05, 3.63) is 29.8 Å². The lowest BCUT2D eigenvalue weighted by Gasteiger charge is -2.32. The summed E-state index contributed by atoms with van der Waals surface area (Å²) in [5.74, 6) is 0.274. The van der Waals surface area contributed by atoms with Gasteiger partial charge < -0.3 is 4.90 Å². The first-order valence-corrected chi connectivity index (χ1v) is 9.68. The quantitative estimate of drug-likeness (QED) is 0.831. The molecule has 1 unspecified atom stereocenters. The number of sulfonamides is 1. The molecule has 0 radical (unpaired) electrons. The Hall–Kier alpha value is -1.40. The van der Waals surface area contributed by atoms with Gasteiger partial charge in [0.25, 0.3) is 5.91 Å². The molecule has 0 bridgehead atoms. The summed E-state index contributed by atoms with van der Waals surface area (Å²) in [5, 5.41) is 0. The van der Waals surface area contributed by atoms with Gasteiger partial charge in [0.2, 0.25) is 10.0 Å². The third-order valence-corrected chi connectivity index (χ3v) is 5.85. The fourth-order valence-electron chi connectivity index (χ4n) is 2.58. The number of hydrogen-bond donors (Lipinski definition) is 1. The molecule has 0 aromatic heterocycles. The van der Waals surface area contributed by atoms with E-state index in [-0.39, 0.29) is 22.9 Å². The van der Waals surface area contributed by atoms with Gasteiger partial charge in [-0.05, 0) is 43.9 Å². The second kappa shape index (κ2) is 7.01. The average Bonchev–Trinajstić information content (AvgIpc) is 3.32. The maximum Gasteiger partial charge on any atom is 0.254 e. The van der Waals surface area contributed by atoms with Gasteiger partial charge >= 0.3 is 0 Å². The Bertz CT molecular complexity index is 666. The highest BCUT2D eigenvalue weighted by molar-refractivity contribution is 7.89.